The fraction of sp³-hybridized carbons (Fsp3) is 0.562. The quantitative estimate of drug-likeness (QED) is 0.744. The molecule has 1 nitrogen and oxygen atoms in total. The number of carbonyl (C=O) groups excluding carboxylic acids is 1. The number of hydrogen-bond donors (Lipinski definition) is 0. The Morgan fingerprint density at radius 2 is 2.00 bits per heavy atom. The van der Waals surface area contributed by atoms with Gasteiger partial charge in [-0.2, -0.15) is 11.8 Å². The van der Waals surface area contributed by atoms with E-state index in [0.29, 0.717) is 11.0 Å². The van der Waals surface area contributed by atoms with Gasteiger partial charge in [0.2, 0.25) is 0 Å². The second-order valence-electron chi connectivity index (χ2n) is 5.49. The van der Waals surface area contributed by atoms with E-state index in [-0.39, 0.29) is 5.78 Å². The summed E-state index contributed by atoms with van der Waals surface area (Å²) in [6.07, 6.45) is 5.27. The van der Waals surface area contributed by atoms with Gasteiger partial charge in [0.05, 0.1) is 5.75 Å². The van der Waals surface area contributed by atoms with Crippen LogP contribution in [0.4, 0.5) is 0 Å². The highest BCUT2D eigenvalue weighted by Gasteiger charge is 2.20. The van der Waals surface area contributed by atoms with Crippen LogP contribution >= 0.6 is 11.8 Å². The van der Waals surface area contributed by atoms with Gasteiger partial charge in [0.1, 0.15) is 0 Å². The van der Waals surface area contributed by atoms with Crippen molar-refractivity contribution in [1.82, 2.24) is 0 Å². The van der Waals surface area contributed by atoms with Crippen LogP contribution in [0, 0.1) is 12.8 Å². The van der Waals surface area contributed by atoms with Gasteiger partial charge in [0.25, 0.3) is 0 Å². The molecule has 2 atom stereocenters. The highest BCUT2D eigenvalue weighted by atomic mass is 32.2. The summed E-state index contributed by atoms with van der Waals surface area (Å²) in [4.78, 5) is 12.1. The van der Waals surface area contributed by atoms with E-state index in [4.69, 9.17) is 0 Å². The highest BCUT2D eigenvalue weighted by Crippen LogP contribution is 2.32. The fourth-order valence-corrected chi connectivity index (χ4v) is 3.90. The monoisotopic (exact) mass is 262 g/mol. The van der Waals surface area contributed by atoms with Gasteiger partial charge in [0, 0.05) is 10.8 Å². The van der Waals surface area contributed by atoms with Crippen LogP contribution in [-0.2, 0) is 0 Å². The maximum Gasteiger partial charge on any atom is 0.172 e. The Balaban J connectivity index is 1.82. The smallest absolute Gasteiger partial charge is 0.172 e. The number of thioether (sulfide) groups is 1. The number of rotatable bonds is 4. The molecule has 0 bridgehead atoms. The van der Waals surface area contributed by atoms with Crippen LogP contribution in [0.25, 0.3) is 0 Å². The molecule has 1 aromatic carbocycles. The number of aryl methyl sites for hydroxylation is 1. The Hall–Kier alpha value is -0.760. The van der Waals surface area contributed by atoms with E-state index in [1.54, 1.807) is 0 Å². The number of hydrogen-bond acceptors (Lipinski definition) is 2. The van der Waals surface area contributed by atoms with Crippen LogP contribution in [0.3, 0.4) is 0 Å². The first-order chi connectivity index (χ1) is 8.65. The average molecular weight is 262 g/mol. The normalized spacial score (nSPS) is 23.9. The fourth-order valence-electron chi connectivity index (χ4n) is 2.55. The first-order valence-electron chi connectivity index (χ1n) is 6.86. The van der Waals surface area contributed by atoms with Crippen molar-refractivity contribution in [2.75, 3.05) is 5.75 Å². The summed E-state index contributed by atoms with van der Waals surface area (Å²) in [5.74, 6) is 1.75. The Bertz CT molecular complexity index is 396. The van der Waals surface area contributed by atoms with Crippen LogP contribution in [-0.4, -0.2) is 16.8 Å². The second-order valence-corrected chi connectivity index (χ2v) is 6.78. The van der Waals surface area contributed by atoms with E-state index in [9.17, 15) is 4.79 Å². The third-order valence-corrected chi connectivity index (χ3v) is 5.04. The third kappa shape index (κ3) is 3.88. The van der Waals surface area contributed by atoms with Crippen molar-refractivity contribution in [1.29, 1.82) is 0 Å². The number of benzene rings is 1. The van der Waals surface area contributed by atoms with Crippen molar-refractivity contribution in [2.24, 2.45) is 5.92 Å². The van der Waals surface area contributed by atoms with Crippen LogP contribution in [0.15, 0.2) is 24.3 Å². The summed E-state index contributed by atoms with van der Waals surface area (Å²) in [6.45, 7) is 4.38. The van der Waals surface area contributed by atoms with E-state index >= 15 is 0 Å². The summed E-state index contributed by atoms with van der Waals surface area (Å²) in [5, 5.41) is 0.697. The minimum atomic E-state index is 0.276. The zero-order valence-electron chi connectivity index (χ0n) is 11.3. The lowest BCUT2D eigenvalue weighted by Gasteiger charge is -2.25. The summed E-state index contributed by atoms with van der Waals surface area (Å²) < 4.78 is 0. The Morgan fingerprint density at radius 3 is 2.67 bits per heavy atom. The first-order valence-corrected chi connectivity index (χ1v) is 7.91. The molecule has 0 amide bonds. The van der Waals surface area contributed by atoms with E-state index in [1.807, 2.05) is 43.0 Å². The van der Waals surface area contributed by atoms with Gasteiger partial charge in [-0.25, -0.2) is 0 Å². The van der Waals surface area contributed by atoms with E-state index in [1.165, 1.54) is 31.2 Å². The van der Waals surface area contributed by atoms with Gasteiger partial charge in [0.15, 0.2) is 5.78 Å². The summed E-state index contributed by atoms with van der Waals surface area (Å²) in [5.41, 5.74) is 2.07. The molecule has 98 valence electrons. The molecule has 18 heavy (non-hydrogen) atoms. The van der Waals surface area contributed by atoms with Gasteiger partial charge in [-0.05, 0) is 25.7 Å². The zero-order chi connectivity index (χ0) is 13.0. The summed E-state index contributed by atoms with van der Waals surface area (Å²) >= 11 is 1.86. The molecule has 2 unspecified atom stereocenters. The molecule has 0 spiro atoms. The number of Topliss-reactive ketones (excluding diaryl/α,β-unsaturated/α-hetero) is 1. The van der Waals surface area contributed by atoms with Crippen LogP contribution in [0.2, 0.25) is 0 Å². The average Bonchev–Trinajstić information content (AvgIpc) is 2.37. The molecule has 0 saturated heterocycles. The molecule has 0 aliphatic heterocycles. The summed E-state index contributed by atoms with van der Waals surface area (Å²) in [6, 6.07) is 7.92. The van der Waals surface area contributed by atoms with Crippen molar-refractivity contribution in [2.45, 2.75) is 44.8 Å². The topological polar surface area (TPSA) is 17.1 Å². The largest absolute Gasteiger partial charge is 0.293 e. The van der Waals surface area contributed by atoms with Gasteiger partial charge in [-0.1, -0.05) is 49.6 Å². The molecule has 0 aromatic heterocycles. The van der Waals surface area contributed by atoms with Gasteiger partial charge < -0.3 is 0 Å². The van der Waals surface area contributed by atoms with Crippen LogP contribution < -0.4 is 0 Å². The molecule has 2 heteroatoms. The predicted molar refractivity (Wildman–Crippen MR) is 79.4 cm³/mol. The Morgan fingerprint density at radius 1 is 1.28 bits per heavy atom. The van der Waals surface area contributed by atoms with Crippen LogP contribution in [0.1, 0.15) is 48.5 Å². The third-order valence-electron chi connectivity index (χ3n) is 3.71. The van der Waals surface area contributed by atoms with Gasteiger partial charge in [-0.3, -0.25) is 4.79 Å². The van der Waals surface area contributed by atoms with Crippen LogP contribution in [0.5, 0.6) is 0 Å². The molecule has 1 aliphatic carbocycles. The molecule has 1 aromatic rings. The molecule has 0 radical (unpaired) electrons. The van der Waals surface area contributed by atoms with Crippen molar-refractivity contribution >= 4 is 17.5 Å². The Labute approximate surface area is 114 Å². The number of carbonyl (C=O) groups is 1. The zero-order valence-corrected chi connectivity index (χ0v) is 12.1. The highest BCUT2D eigenvalue weighted by molar-refractivity contribution is 8.00. The predicted octanol–water partition coefficient (Wildman–Crippen LogP) is 4.49. The number of ketones is 1. The molecule has 1 aliphatic rings. The lowest BCUT2D eigenvalue weighted by atomic mass is 9.91. The van der Waals surface area contributed by atoms with Crippen molar-refractivity contribution < 1.29 is 4.79 Å². The van der Waals surface area contributed by atoms with Crippen molar-refractivity contribution in [3.8, 4) is 0 Å². The van der Waals surface area contributed by atoms with E-state index in [2.05, 4.69) is 6.92 Å². The molecular formula is C16H22OS. The SMILES string of the molecule is Cc1ccc(C(=O)CSC2CCCC(C)C2)cc1. The van der Waals surface area contributed by atoms with Crippen molar-refractivity contribution in [3.05, 3.63) is 35.4 Å². The molecule has 1 saturated carbocycles. The molecule has 0 N–H and O–H groups in total. The molecule has 2 rings (SSSR count). The van der Waals surface area contributed by atoms with Gasteiger partial charge >= 0.3 is 0 Å². The second kappa shape index (κ2) is 6.42. The van der Waals surface area contributed by atoms with E-state index in [0.717, 1.165) is 11.5 Å². The summed E-state index contributed by atoms with van der Waals surface area (Å²) in [7, 11) is 0. The molecular weight excluding hydrogens is 240 g/mol. The Kier molecular flexibility index (Phi) is 4.87. The minimum absolute atomic E-state index is 0.276. The lowest BCUT2D eigenvalue weighted by molar-refractivity contribution is 0.102. The molecule has 0 heterocycles. The maximum atomic E-state index is 12.1. The maximum absolute atomic E-state index is 12.1. The molecule has 1 fully saturated rings. The lowest BCUT2D eigenvalue weighted by Crippen LogP contribution is -2.17. The minimum Gasteiger partial charge on any atom is -0.293 e. The standard InChI is InChI=1S/C16H22OS/c1-12-6-8-14(9-7-12)16(17)11-18-15-5-3-4-13(2)10-15/h6-9,13,15H,3-5,10-11H2,1-2H3. The van der Waals surface area contributed by atoms with Crippen molar-refractivity contribution in [3.63, 3.8) is 0 Å². The van der Waals surface area contributed by atoms with E-state index < -0.39 is 0 Å². The van der Waals surface area contributed by atoms with Gasteiger partial charge in [-0.15, -0.1) is 0 Å². The first kappa shape index (κ1) is 13.7.